The Hall–Kier alpha value is -4.61. The predicted molar refractivity (Wildman–Crippen MR) is 213 cm³/mol. The number of sulfonamides is 1. The van der Waals surface area contributed by atoms with Crippen molar-refractivity contribution in [2.45, 2.75) is 139 Å². The van der Waals surface area contributed by atoms with Crippen molar-refractivity contribution in [3.8, 4) is 11.5 Å². The first-order valence-electron chi connectivity index (χ1n) is 20.6. The zero-order valence-electron chi connectivity index (χ0n) is 34.6. The summed E-state index contributed by atoms with van der Waals surface area (Å²) in [5, 5.41) is 6.08. The molecule has 2 aliphatic carbocycles. The molecule has 1 aromatic carbocycles. The van der Waals surface area contributed by atoms with E-state index in [1.807, 2.05) is 26.8 Å². The Balaban J connectivity index is 1.26. The Morgan fingerprint density at radius 3 is 2.52 bits per heavy atom. The summed E-state index contributed by atoms with van der Waals surface area (Å²) in [5.74, 6) is -2.45. The number of rotatable bonds is 7. The van der Waals surface area contributed by atoms with Crippen LogP contribution in [0.1, 0.15) is 103 Å². The van der Waals surface area contributed by atoms with Gasteiger partial charge >= 0.3 is 12.3 Å². The molecule has 5 aliphatic rings. The van der Waals surface area contributed by atoms with Crippen molar-refractivity contribution in [1.29, 1.82) is 0 Å². The van der Waals surface area contributed by atoms with Gasteiger partial charge in [-0.05, 0) is 81.9 Å². The Kier molecular flexibility index (Phi) is 11.4. The molecule has 60 heavy (non-hydrogen) atoms. The smallest absolute Gasteiger partial charge is 0.407 e. The van der Waals surface area contributed by atoms with E-state index in [1.165, 1.54) is 12.0 Å². The van der Waals surface area contributed by atoms with E-state index in [-0.39, 0.29) is 62.1 Å². The summed E-state index contributed by atoms with van der Waals surface area (Å²) in [6, 6.07) is 2.39. The molecule has 2 aromatic rings. The lowest BCUT2D eigenvalue weighted by atomic mass is 9.86. The second kappa shape index (κ2) is 15.7. The standard InChI is InChI=1S/C42H54F3N5O9S/c1-38(2,3)24-58-37(54)47-30-12-10-8-6-7-9-11-25-20-41(25,36(53)49-60(55,56)39(4)17-18-39)48-34(51)32-22-40(23-50(32)35(30)52)16-15-27-28-19-26(57-5)13-14-29(28)46-31(33(27)59-40)21-42(43,44)45/h9,11,13-14,19,25,30,32H,6-8,10,12,15-18,20-24H2,1-5H3,(H,47,54)(H,48,51)(H,49,53)/b11-9-/t25-,30+,32+,40-,41-/m1/s1. The number of alkyl halides is 3. The molecule has 18 heteroatoms. The zero-order chi connectivity index (χ0) is 43.5. The number of amides is 4. The van der Waals surface area contributed by atoms with Gasteiger partial charge in [-0.1, -0.05) is 45.8 Å². The molecular weight excluding hydrogens is 808 g/mol. The van der Waals surface area contributed by atoms with Crippen LogP contribution in [0, 0.1) is 11.3 Å². The molecular formula is C42H54F3N5O9S. The highest BCUT2D eigenvalue weighted by Crippen LogP contribution is 2.49. The van der Waals surface area contributed by atoms with Crippen LogP contribution < -0.4 is 24.8 Å². The normalized spacial score (nSPS) is 28.5. The number of fused-ring (bicyclic) bond motifs is 5. The summed E-state index contributed by atoms with van der Waals surface area (Å²) in [6.07, 6.45) is 0.666. The molecule has 5 atom stereocenters. The van der Waals surface area contributed by atoms with E-state index in [1.54, 1.807) is 31.2 Å². The van der Waals surface area contributed by atoms with Gasteiger partial charge in [0.2, 0.25) is 21.8 Å². The fourth-order valence-corrected chi connectivity index (χ4v) is 9.79. The highest BCUT2D eigenvalue weighted by Gasteiger charge is 2.64. The van der Waals surface area contributed by atoms with E-state index in [0.29, 0.717) is 60.7 Å². The number of pyridine rings is 1. The quantitative estimate of drug-likeness (QED) is 0.299. The number of nitrogens with zero attached hydrogens (tertiary/aromatic N) is 2. The number of allylic oxidation sites excluding steroid dienone is 1. The van der Waals surface area contributed by atoms with Gasteiger partial charge in [-0.3, -0.25) is 19.1 Å². The fourth-order valence-electron chi connectivity index (χ4n) is 8.48. The van der Waals surface area contributed by atoms with Gasteiger partial charge in [0.15, 0.2) is 0 Å². The molecule has 1 aromatic heterocycles. The van der Waals surface area contributed by atoms with Crippen LogP contribution in [0.4, 0.5) is 18.0 Å². The number of ether oxygens (including phenoxy) is 3. The lowest BCUT2D eigenvalue weighted by Crippen LogP contribution is -2.58. The Bertz CT molecular complexity index is 2210. The summed E-state index contributed by atoms with van der Waals surface area (Å²) in [6.45, 7) is 7.01. The van der Waals surface area contributed by atoms with Gasteiger partial charge in [0.1, 0.15) is 34.7 Å². The molecule has 2 saturated carbocycles. The van der Waals surface area contributed by atoms with Crippen LogP contribution in [0.2, 0.25) is 0 Å². The highest BCUT2D eigenvalue weighted by molar-refractivity contribution is 7.91. The molecule has 0 unspecified atom stereocenters. The maximum absolute atomic E-state index is 14.8. The third kappa shape index (κ3) is 9.03. The summed E-state index contributed by atoms with van der Waals surface area (Å²) in [4.78, 5) is 62.3. The van der Waals surface area contributed by atoms with E-state index in [9.17, 15) is 40.8 Å². The zero-order valence-corrected chi connectivity index (χ0v) is 35.4. The Morgan fingerprint density at radius 1 is 1.08 bits per heavy atom. The molecule has 14 nitrogen and oxygen atoms in total. The van der Waals surface area contributed by atoms with Gasteiger partial charge in [-0.25, -0.2) is 18.2 Å². The first-order chi connectivity index (χ1) is 28.1. The topological polar surface area (TPSA) is 182 Å². The minimum absolute atomic E-state index is 0.0617. The van der Waals surface area contributed by atoms with E-state index in [0.717, 1.165) is 0 Å². The van der Waals surface area contributed by atoms with E-state index in [4.69, 9.17) is 14.2 Å². The van der Waals surface area contributed by atoms with Crippen LogP contribution in [-0.4, -0.2) is 96.5 Å². The summed E-state index contributed by atoms with van der Waals surface area (Å²) in [7, 11) is -2.61. The third-order valence-electron chi connectivity index (χ3n) is 12.4. The van der Waals surface area contributed by atoms with Gasteiger partial charge < -0.3 is 29.7 Å². The maximum atomic E-state index is 14.8. The monoisotopic (exact) mass is 861 g/mol. The summed E-state index contributed by atoms with van der Waals surface area (Å²) >= 11 is 0. The van der Waals surface area contributed by atoms with Crippen LogP contribution in [0.25, 0.3) is 10.9 Å². The first-order valence-corrected chi connectivity index (χ1v) is 22.1. The average Bonchev–Trinajstić information content (AvgIpc) is 4.06. The van der Waals surface area contributed by atoms with Crippen molar-refractivity contribution in [2.75, 3.05) is 20.3 Å². The fraction of sp³-hybridized carbons (Fsp3) is 0.643. The molecule has 3 fully saturated rings. The number of hydrogen-bond donors (Lipinski definition) is 3. The van der Waals surface area contributed by atoms with Crippen LogP contribution in [0.15, 0.2) is 30.4 Å². The minimum atomic E-state index is -4.65. The Labute approximate surface area is 347 Å². The van der Waals surface area contributed by atoms with Gasteiger partial charge in [-0.2, -0.15) is 13.2 Å². The molecule has 1 spiro atoms. The first kappa shape index (κ1) is 43.5. The third-order valence-corrected chi connectivity index (χ3v) is 14.5. The van der Waals surface area contributed by atoms with Gasteiger partial charge in [0, 0.05) is 23.3 Å². The van der Waals surface area contributed by atoms with Crippen LogP contribution in [0.3, 0.4) is 0 Å². The number of carbonyl (C=O) groups excluding carboxylic acids is 4. The number of carbonyl (C=O) groups is 4. The predicted octanol–water partition coefficient (Wildman–Crippen LogP) is 5.55. The van der Waals surface area contributed by atoms with Crippen LogP contribution >= 0.6 is 0 Å². The lowest BCUT2D eigenvalue weighted by Gasteiger charge is -2.37. The minimum Gasteiger partial charge on any atom is -0.497 e. The number of hydrogen-bond acceptors (Lipinski definition) is 10. The van der Waals surface area contributed by atoms with Crippen molar-refractivity contribution in [1.82, 2.24) is 25.2 Å². The number of methoxy groups -OCH3 is 1. The lowest BCUT2D eigenvalue weighted by molar-refractivity contribution is -0.141. The number of alkyl carbamates (subject to hydrolysis) is 1. The molecule has 4 heterocycles. The summed E-state index contributed by atoms with van der Waals surface area (Å²) < 4.78 is 87.4. The molecule has 4 amide bonds. The second-order valence-electron chi connectivity index (χ2n) is 18.6. The van der Waals surface area contributed by atoms with E-state index < -0.39 is 80.3 Å². The number of halogens is 3. The van der Waals surface area contributed by atoms with Crippen molar-refractivity contribution in [3.05, 3.63) is 41.6 Å². The van der Waals surface area contributed by atoms with Crippen molar-refractivity contribution < 1.29 is 55.0 Å². The number of benzene rings is 1. The molecule has 328 valence electrons. The van der Waals surface area contributed by atoms with Crippen LogP contribution in [-0.2, 0) is 42.0 Å². The second-order valence-corrected chi connectivity index (χ2v) is 20.8. The van der Waals surface area contributed by atoms with Gasteiger partial charge in [-0.15, -0.1) is 0 Å². The van der Waals surface area contributed by atoms with Gasteiger partial charge in [0.05, 0.1) is 42.6 Å². The van der Waals surface area contributed by atoms with E-state index in [2.05, 4.69) is 20.3 Å². The van der Waals surface area contributed by atoms with Crippen molar-refractivity contribution in [2.24, 2.45) is 11.3 Å². The number of aromatic nitrogens is 1. The highest BCUT2D eigenvalue weighted by atomic mass is 32.2. The number of aryl methyl sites for hydroxylation is 1. The SMILES string of the molecule is COc1ccc2nc(CC(F)(F)F)c3c(c2c1)CC[C@]1(C[C@H]2C(=O)N[C@]4(C(=O)NS(=O)(=O)C5(C)CC5)C[C@H]4/C=C\CCCCC[C@H](NC(=O)OCC(C)(C)C)C(=O)N2C1)O3. The Morgan fingerprint density at radius 2 is 1.83 bits per heavy atom. The maximum Gasteiger partial charge on any atom is 0.407 e. The van der Waals surface area contributed by atoms with Crippen molar-refractivity contribution in [3.63, 3.8) is 0 Å². The molecule has 1 saturated heterocycles. The van der Waals surface area contributed by atoms with Crippen LogP contribution in [0.5, 0.6) is 11.5 Å². The number of nitrogens with one attached hydrogen (secondary N) is 3. The summed E-state index contributed by atoms with van der Waals surface area (Å²) in [5.41, 5.74) is -2.94. The van der Waals surface area contributed by atoms with Crippen molar-refractivity contribution >= 4 is 44.7 Å². The van der Waals surface area contributed by atoms with Gasteiger partial charge in [0.25, 0.3) is 5.91 Å². The molecule has 7 rings (SSSR count). The van der Waals surface area contributed by atoms with E-state index >= 15 is 0 Å². The largest absolute Gasteiger partial charge is 0.497 e. The molecule has 3 N–H and O–H groups in total. The molecule has 0 radical (unpaired) electrons. The molecule has 3 aliphatic heterocycles. The average molecular weight is 862 g/mol. The molecule has 0 bridgehead atoms.